The van der Waals surface area contributed by atoms with Crippen LogP contribution < -0.4 is 5.32 Å². The van der Waals surface area contributed by atoms with Crippen molar-refractivity contribution < 1.29 is 14.7 Å². The van der Waals surface area contributed by atoms with Crippen molar-refractivity contribution in [3.63, 3.8) is 0 Å². The summed E-state index contributed by atoms with van der Waals surface area (Å²) in [6.07, 6.45) is 3.53. The normalized spacial score (nSPS) is 17.4. The summed E-state index contributed by atoms with van der Waals surface area (Å²) in [6, 6.07) is 7.48. The van der Waals surface area contributed by atoms with E-state index in [-0.39, 0.29) is 23.5 Å². The number of aromatic nitrogens is 1. The molecular formula is C24H30N4O3S. The monoisotopic (exact) mass is 454 g/mol. The third-order valence-electron chi connectivity index (χ3n) is 5.77. The van der Waals surface area contributed by atoms with Crippen LogP contribution in [0.1, 0.15) is 37.9 Å². The van der Waals surface area contributed by atoms with Gasteiger partial charge in [0.15, 0.2) is 0 Å². The minimum absolute atomic E-state index is 0.137. The number of allylic oxidation sites excluding steroid dienone is 1. The van der Waals surface area contributed by atoms with E-state index < -0.39 is 12.0 Å². The van der Waals surface area contributed by atoms with E-state index in [1.807, 2.05) is 50.5 Å². The van der Waals surface area contributed by atoms with Gasteiger partial charge in [0.1, 0.15) is 11.8 Å². The summed E-state index contributed by atoms with van der Waals surface area (Å²) < 4.78 is 0. The van der Waals surface area contributed by atoms with E-state index in [1.165, 1.54) is 6.08 Å². The van der Waals surface area contributed by atoms with Crippen molar-refractivity contribution in [1.82, 2.24) is 15.2 Å². The van der Waals surface area contributed by atoms with Gasteiger partial charge >= 0.3 is 0 Å². The molecule has 32 heavy (non-hydrogen) atoms. The number of nitrogens with zero attached hydrogens (tertiary/aromatic N) is 2. The maximum atomic E-state index is 13.1. The minimum atomic E-state index is -0.757. The second kappa shape index (κ2) is 10.5. The molecule has 3 rings (SSSR count). The van der Waals surface area contributed by atoms with Crippen molar-refractivity contribution in [2.45, 2.75) is 46.2 Å². The molecule has 0 spiro atoms. The Balaban J connectivity index is 1.64. The fourth-order valence-corrected chi connectivity index (χ4v) is 4.90. The maximum Gasteiger partial charge on any atom is 0.243 e. The number of aliphatic hydroxyl groups excluding tert-OH is 1. The molecule has 2 atom stereocenters. The molecule has 0 bridgehead atoms. The minimum Gasteiger partial charge on any atom is -0.511 e. The largest absolute Gasteiger partial charge is 0.511 e. The highest BCUT2D eigenvalue weighted by atomic mass is 32.1. The van der Waals surface area contributed by atoms with Crippen LogP contribution in [0.15, 0.2) is 41.6 Å². The summed E-state index contributed by atoms with van der Waals surface area (Å²) in [6.45, 7) is 6.55. The third-order valence-corrected chi connectivity index (χ3v) is 6.75. The Morgan fingerprint density at radius 1 is 1.34 bits per heavy atom. The summed E-state index contributed by atoms with van der Waals surface area (Å²) in [7, 11) is 0. The quantitative estimate of drug-likeness (QED) is 0.412. The topological polar surface area (TPSA) is 106 Å². The van der Waals surface area contributed by atoms with Crippen molar-refractivity contribution >= 4 is 29.4 Å². The van der Waals surface area contributed by atoms with Crippen LogP contribution in [0.5, 0.6) is 0 Å². The number of aryl methyl sites for hydroxylation is 1. The first kappa shape index (κ1) is 23.7. The molecule has 1 aliphatic rings. The van der Waals surface area contributed by atoms with E-state index in [0.717, 1.165) is 34.3 Å². The molecule has 1 saturated heterocycles. The average Bonchev–Trinajstić information content (AvgIpc) is 3.41. The van der Waals surface area contributed by atoms with Crippen molar-refractivity contribution in [3.05, 3.63) is 52.9 Å². The molecule has 7 nitrogen and oxygen atoms in total. The van der Waals surface area contributed by atoms with Crippen LogP contribution in [0.3, 0.4) is 0 Å². The van der Waals surface area contributed by atoms with Gasteiger partial charge < -0.3 is 20.7 Å². The van der Waals surface area contributed by atoms with Gasteiger partial charge in [0.05, 0.1) is 22.0 Å². The van der Waals surface area contributed by atoms with E-state index in [4.69, 9.17) is 5.41 Å². The summed E-state index contributed by atoms with van der Waals surface area (Å²) in [4.78, 5) is 33.0. The first-order valence-corrected chi connectivity index (χ1v) is 11.7. The van der Waals surface area contributed by atoms with Gasteiger partial charge in [-0.25, -0.2) is 4.98 Å². The third kappa shape index (κ3) is 5.24. The second-order valence-corrected chi connectivity index (χ2v) is 9.21. The van der Waals surface area contributed by atoms with Crippen molar-refractivity contribution in [2.24, 2.45) is 11.8 Å². The highest BCUT2D eigenvalue weighted by molar-refractivity contribution is 7.13. The van der Waals surface area contributed by atoms with E-state index in [1.54, 1.807) is 16.2 Å². The molecule has 1 aliphatic heterocycles. The lowest BCUT2D eigenvalue weighted by atomic mass is 9.91. The van der Waals surface area contributed by atoms with E-state index in [0.29, 0.717) is 19.5 Å². The molecule has 0 aliphatic carbocycles. The number of hydrogen-bond acceptors (Lipinski definition) is 6. The molecule has 3 N–H and O–H groups in total. The van der Waals surface area contributed by atoms with Crippen LogP contribution in [-0.4, -0.2) is 45.6 Å². The number of aliphatic hydroxyl groups is 1. The smallest absolute Gasteiger partial charge is 0.243 e. The molecule has 1 aromatic heterocycles. The number of rotatable bonds is 8. The number of benzene rings is 1. The number of likely N-dealkylation sites (tertiary alicyclic amines) is 1. The van der Waals surface area contributed by atoms with Gasteiger partial charge in [0, 0.05) is 19.3 Å². The van der Waals surface area contributed by atoms with Crippen LogP contribution >= 0.6 is 11.3 Å². The van der Waals surface area contributed by atoms with Gasteiger partial charge in [-0.15, -0.1) is 11.3 Å². The number of nitrogens with one attached hydrogen (secondary N) is 2. The standard InChI is InChI=1S/C24H30N4O3S/c1-15(2)21(20(29)10-11-25)24(31)28-12-4-5-19(28)23(30)26-13-17-6-8-18(9-7-17)22-16(3)27-14-32-22/h6-11,14-15,19,21,25,29H,4-5,12-13H2,1-3H3,(H,26,30)/b20-10-,25-11?/t19-,21?/m0/s1. The first-order valence-electron chi connectivity index (χ1n) is 10.8. The van der Waals surface area contributed by atoms with Gasteiger partial charge in [0.25, 0.3) is 0 Å². The van der Waals surface area contributed by atoms with E-state index >= 15 is 0 Å². The predicted octanol–water partition coefficient (Wildman–Crippen LogP) is 4.09. The number of carbonyl (C=O) groups excluding carboxylic acids is 2. The fraction of sp³-hybridized carbons (Fsp3) is 0.417. The molecular weight excluding hydrogens is 424 g/mol. The molecule has 1 unspecified atom stereocenters. The van der Waals surface area contributed by atoms with Crippen LogP contribution in [0.4, 0.5) is 0 Å². The van der Waals surface area contributed by atoms with Gasteiger partial charge in [0.2, 0.25) is 11.8 Å². The van der Waals surface area contributed by atoms with Gasteiger partial charge in [-0.05, 0) is 42.9 Å². The number of thiazole rings is 1. The molecule has 2 amide bonds. The number of hydrogen-bond donors (Lipinski definition) is 3. The molecule has 2 aromatic rings. The Bertz CT molecular complexity index is 997. The van der Waals surface area contributed by atoms with Crippen LogP contribution in [0.25, 0.3) is 10.4 Å². The summed E-state index contributed by atoms with van der Waals surface area (Å²) in [5.74, 6) is -1.49. The summed E-state index contributed by atoms with van der Waals surface area (Å²) >= 11 is 1.60. The number of amides is 2. The van der Waals surface area contributed by atoms with E-state index in [9.17, 15) is 14.7 Å². The zero-order chi connectivity index (χ0) is 23.3. The zero-order valence-corrected chi connectivity index (χ0v) is 19.5. The van der Waals surface area contributed by atoms with Crippen molar-refractivity contribution in [2.75, 3.05) is 6.54 Å². The van der Waals surface area contributed by atoms with Crippen LogP contribution in [0.2, 0.25) is 0 Å². The van der Waals surface area contributed by atoms with Crippen molar-refractivity contribution in [3.8, 4) is 10.4 Å². The molecule has 8 heteroatoms. The lowest BCUT2D eigenvalue weighted by molar-refractivity contribution is -0.142. The lowest BCUT2D eigenvalue weighted by Gasteiger charge is -2.29. The highest BCUT2D eigenvalue weighted by Crippen LogP contribution is 2.28. The number of carbonyl (C=O) groups is 2. The molecule has 0 saturated carbocycles. The molecule has 1 aromatic carbocycles. The second-order valence-electron chi connectivity index (χ2n) is 8.35. The molecule has 170 valence electrons. The van der Waals surface area contributed by atoms with Crippen LogP contribution in [-0.2, 0) is 16.1 Å². The summed E-state index contributed by atoms with van der Waals surface area (Å²) in [5.41, 5.74) is 4.91. The molecule has 0 radical (unpaired) electrons. The SMILES string of the molecule is Cc1ncsc1-c1ccc(CNC(=O)[C@@H]2CCCN2C(=O)C(/C(O)=C/C=N)C(C)C)cc1. The average molecular weight is 455 g/mol. The zero-order valence-electron chi connectivity index (χ0n) is 18.7. The van der Waals surface area contributed by atoms with Crippen LogP contribution in [0, 0.1) is 24.2 Å². The molecule has 2 heterocycles. The van der Waals surface area contributed by atoms with E-state index in [2.05, 4.69) is 10.3 Å². The highest BCUT2D eigenvalue weighted by Gasteiger charge is 2.39. The van der Waals surface area contributed by atoms with Gasteiger partial charge in [-0.2, -0.15) is 0 Å². The fourth-order valence-electron chi connectivity index (χ4n) is 4.08. The lowest BCUT2D eigenvalue weighted by Crippen LogP contribution is -2.48. The van der Waals surface area contributed by atoms with Gasteiger partial charge in [-0.1, -0.05) is 38.1 Å². The Morgan fingerprint density at radius 2 is 2.06 bits per heavy atom. The molecule has 1 fully saturated rings. The predicted molar refractivity (Wildman–Crippen MR) is 127 cm³/mol. The Kier molecular flexibility index (Phi) is 7.80. The Labute approximate surface area is 192 Å². The maximum absolute atomic E-state index is 13.1. The Morgan fingerprint density at radius 3 is 2.66 bits per heavy atom. The first-order chi connectivity index (χ1) is 15.3. The summed E-state index contributed by atoms with van der Waals surface area (Å²) in [5, 5.41) is 20.4. The van der Waals surface area contributed by atoms with Gasteiger partial charge in [-0.3, -0.25) is 9.59 Å². The Hall–Kier alpha value is -3.00. The van der Waals surface area contributed by atoms with Crippen molar-refractivity contribution in [1.29, 1.82) is 5.41 Å².